The van der Waals surface area contributed by atoms with Crippen molar-refractivity contribution >= 4 is 11.8 Å². The van der Waals surface area contributed by atoms with Gasteiger partial charge in [-0.2, -0.15) is 0 Å². The molecular formula is C28H40N2O4. The van der Waals surface area contributed by atoms with Gasteiger partial charge in [-0.1, -0.05) is 39.0 Å². The molecule has 6 nitrogen and oxygen atoms in total. The van der Waals surface area contributed by atoms with Crippen molar-refractivity contribution < 1.29 is 19.1 Å². The summed E-state index contributed by atoms with van der Waals surface area (Å²) in [4.78, 5) is 30.8. The molecule has 1 saturated heterocycles. The highest BCUT2D eigenvalue weighted by Gasteiger charge is 2.55. The van der Waals surface area contributed by atoms with Crippen molar-refractivity contribution in [3.63, 3.8) is 0 Å². The van der Waals surface area contributed by atoms with Crippen molar-refractivity contribution in [1.29, 1.82) is 0 Å². The molecule has 1 spiro atoms. The predicted molar refractivity (Wildman–Crippen MR) is 135 cm³/mol. The second-order valence-corrected chi connectivity index (χ2v) is 9.84. The van der Waals surface area contributed by atoms with Gasteiger partial charge in [-0.25, -0.2) is 0 Å². The summed E-state index contributed by atoms with van der Waals surface area (Å²) in [7, 11) is 0. The van der Waals surface area contributed by atoms with Crippen LogP contribution in [0.3, 0.4) is 0 Å². The lowest BCUT2D eigenvalue weighted by Gasteiger charge is -2.37. The fourth-order valence-corrected chi connectivity index (χ4v) is 4.81. The fourth-order valence-electron chi connectivity index (χ4n) is 4.81. The molecule has 0 aliphatic carbocycles. The average molecular weight is 469 g/mol. The van der Waals surface area contributed by atoms with Crippen LogP contribution in [0.2, 0.25) is 0 Å². The molecule has 2 amide bonds. The molecule has 0 radical (unpaired) electrons. The highest BCUT2D eigenvalue weighted by atomic mass is 16.7. The number of ether oxygens (including phenoxy) is 2. The normalized spacial score (nSPS) is 22.9. The van der Waals surface area contributed by atoms with Crippen molar-refractivity contribution in [3.05, 3.63) is 58.5 Å². The first-order valence-corrected chi connectivity index (χ1v) is 12.5. The first kappa shape index (κ1) is 26.2. The van der Waals surface area contributed by atoms with E-state index in [1.54, 1.807) is 9.80 Å². The predicted octanol–water partition coefficient (Wildman–Crippen LogP) is 5.40. The molecule has 0 aromatic carbocycles. The molecule has 34 heavy (non-hydrogen) atoms. The zero-order chi connectivity index (χ0) is 25.3. The molecule has 186 valence electrons. The van der Waals surface area contributed by atoms with E-state index in [0.717, 1.165) is 42.5 Å². The highest BCUT2D eigenvalue weighted by molar-refractivity contribution is 6.02. The topological polar surface area (TPSA) is 59.1 Å². The minimum absolute atomic E-state index is 0.0635. The third-order valence-electron chi connectivity index (χ3n) is 7.10. The van der Waals surface area contributed by atoms with Crippen molar-refractivity contribution in [2.45, 2.75) is 85.5 Å². The van der Waals surface area contributed by atoms with Crippen LogP contribution >= 0.6 is 0 Å². The van der Waals surface area contributed by atoms with E-state index in [2.05, 4.69) is 13.5 Å². The van der Waals surface area contributed by atoms with E-state index in [4.69, 9.17) is 9.47 Å². The number of carbonyl (C=O) groups excluding carboxylic acids is 2. The molecule has 3 aliphatic rings. The van der Waals surface area contributed by atoms with E-state index in [0.29, 0.717) is 36.6 Å². The quantitative estimate of drug-likeness (QED) is 0.448. The van der Waals surface area contributed by atoms with Crippen molar-refractivity contribution in [1.82, 2.24) is 9.80 Å². The van der Waals surface area contributed by atoms with Crippen LogP contribution in [0.25, 0.3) is 0 Å². The number of hydrogen-bond acceptors (Lipinski definition) is 4. The van der Waals surface area contributed by atoms with Gasteiger partial charge in [0.2, 0.25) is 0 Å². The molecule has 0 aromatic heterocycles. The molecule has 6 heteroatoms. The number of hydrogen-bond donors (Lipinski definition) is 0. The third kappa shape index (κ3) is 4.22. The number of allylic oxidation sites excluding steroid dienone is 3. The maximum Gasteiger partial charge on any atom is 0.292 e. The van der Waals surface area contributed by atoms with E-state index < -0.39 is 11.3 Å². The highest BCUT2D eigenvalue weighted by Crippen LogP contribution is 2.44. The molecule has 0 unspecified atom stereocenters. The van der Waals surface area contributed by atoms with Crippen molar-refractivity contribution in [3.8, 4) is 0 Å². The second-order valence-electron chi connectivity index (χ2n) is 9.84. The van der Waals surface area contributed by atoms with Crippen LogP contribution in [0.4, 0.5) is 0 Å². The van der Waals surface area contributed by atoms with E-state index in [9.17, 15) is 9.59 Å². The van der Waals surface area contributed by atoms with E-state index >= 15 is 0 Å². The van der Waals surface area contributed by atoms with Crippen molar-refractivity contribution in [2.75, 3.05) is 19.8 Å². The Bertz CT molecular complexity index is 990. The molecule has 3 aliphatic heterocycles. The first-order chi connectivity index (χ1) is 16.0. The standard InChI is InChI=1S/C28H40N2O4/c1-9-11-14-22-20(5)27(7,8)30(25(22)31)24(19(3)4)18-23-21(6)29(15-12-10-2)26(32)28(23)33-16-13-17-34-28/h11,14,18H,3,9-10,12-13,15-17H2,1-2,4-8H3. The molecule has 1 fully saturated rings. The van der Waals surface area contributed by atoms with Gasteiger partial charge in [-0.15, -0.1) is 0 Å². The molecule has 0 aromatic rings. The number of rotatable bonds is 8. The maximum absolute atomic E-state index is 13.7. The van der Waals surface area contributed by atoms with Gasteiger partial charge >= 0.3 is 0 Å². The van der Waals surface area contributed by atoms with Gasteiger partial charge in [-0.3, -0.25) is 14.5 Å². The van der Waals surface area contributed by atoms with Gasteiger partial charge in [0.1, 0.15) is 0 Å². The lowest BCUT2D eigenvalue weighted by molar-refractivity contribution is -0.234. The summed E-state index contributed by atoms with van der Waals surface area (Å²) >= 11 is 0. The van der Waals surface area contributed by atoms with E-state index in [-0.39, 0.29) is 11.8 Å². The van der Waals surface area contributed by atoms with Gasteiger partial charge in [0.25, 0.3) is 17.6 Å². The first-order valence-electron chi connectivity index (χ1n) is 12.5. The van der Waals surface area contributed by atoms with Gasteiger partial charge < -0.3 is 14.4 Å². The molecule has 3 heterocycles. The zero-order valence-corrected chi connectivity index (χ0v) is 21.9. The van der Waals surface area contributed by atoms with Gasteiger partial charge in [0.05, 0.1) is 18.8 Å². The number of amides is 2. The van der Waals surface area contributed by atoms with Crippen LogP contribution in [-0.4, -0.2) is 52.7 Å². The Morgan fingerprint density at radius 3 is 2.35 bits per heavy atom. The zero-order valence-electron chi connectivity index (χ0n) is 21.9. The summed E-state index contributed by atoms with van der Waals surface area (Å²) in [6, 6.07) is 0. The minimum atomic E-state index is -1.46. The molecule has 0 saturated carbocycles. The Kier molecular flexibility index (Phi) is 7.73. The summed E-state index contributed by atoms with van der Waals surface area (Å²) in [6.45, 7) is 19.8. The van der Waals surface area contributed by atoms with Crippen LogP contribution in [0.1, 0.15) is 74.1 Å². The summed E-state index contributed by atoms with van der Waals surface area (Å²) in [5, 5.41) is 0. The molecule has 0 N–H and O–H groups in total. The van der Waals surface area contributed by atoms with Gasteiger partial charge in [-0.05, 0) is 71.1 Å². The lowest BCUT2D eigenvalue weighted by atomic mass is 9.93. The summed E-state index contributed by atoms with van der Waals surface area (Å²) in [5.74, 6) is -1.71. The monoisotopic (exact) mass is 468 g/mol. The molecule has 3 rings (SSSR count). The Labute approximate surface area is 204 Å². The smallest absolute Gasteiger partial charge is 0.292 e. The average Bonchev–Trinajstić information content (AvgIpc) is 3.08. The van der Waals surface area contributed by atoms with Crippen molar-refractivity contribution in [2.24, 2.45) is 0 Å². The summed E-state index contributed by atoms with van der Waals surface area (Å²) in [6.07, 6.45) is 9.27. The van der Waals surface area contributed by atoms with E-state index in [1.165, 1.54) is 0 Å². The molecule has 0 bridgehead atoms. The number of carbonyl (C=O) groups is 2. The van der Waals surface area contributed by atoms with Crippen LogP contribution in [-0.2, 0) is 19.1 Å². The van der Waals surface area contributed by atoms with E-state index in [1.807, 2.05) is 59.8 Å². The van der Waals surface area contributed by atoms with Crippen LogP contribution < -0.4 is 0 Å². The minimum Gasteiger partial charge on any atom is -0.338 e. The SMILES string of the molecule is C=C(C)C(=CC1=C(C)N(CCCC)C(=O)C12OCCCO2)N1C(=O)C(C=CCC)=C(C)C1(C)C. The van der Waals surface area contributed by atoms with Crippen LogP contribution in [0.5, 0.6) is 0 Å². The lowest BCUT2D eigenvalue weighted by Crippen LogP contribution is -2.50. The molecular weight excluding hydrogens is 428 g/mol. The Morgan fingerprint density at radius 2 is 1.79 bits per heavy atom. The Morgan fingerprint density at radius 1 is 1.15 bits per heavy atom. The van der Waals surface area contributed by atoms with Crippen LogP contribution in [0.15, 0.2) is 58.5 Å². The largest absolute Gasteiger partial charge is 0.338 e. The second kappa shape index (κ2) is 10.0. The fraction of sp³-hybridized carbons (Fsp3) is 0.571. The van der Waals surface area contributed by atoms with Crippen LogP contribution in [0, 0.1) is 0 Å². The number of nitrogens with zero attached hydrogens (tertiary/aromatic N) is 2. The maximum atomic E-state index is 13.7. The third-order valence-corrected chi connectivity index (χ3v) is 7.10. The summed E-state index contributed by atoms with van der Waals surface area (Å²) in [5.41, 5.74) is 4.04. The van der Waals surface area contributed by atoms with Gasteiger partial charge in [0.15, 0.2) is 0 Å². The Balaban J connectivity index is 2.15. The van der Waals surface area contributed by atoms with Gasteiger partial charge in [0, 0.05) is 29.1 Å². The molecule has 0 atom stereocenters. The summed E-state index contributed by atoms with van der Waals surface area (Å²) < 4.78 is 12.2. The Hall–Kier alpha value is -2.44. The number of unbranched alkanes of at least 4 members (excludes halogenated alkanes) is 1.